The first-order chi connectivity index (χ1) is 7.60. The second-order valence-electron chi connectivity index (χ2n) is 5.83. The highest BCUT2D eigenvalue weighted by atomic mass is 14.9. The molecule has 1 aliphatic rings. The molecule has 1 aliphatic carbocycles. The van der Waals surface area contributed by atoms with Crippen molar-refractivity contribution in [1.29, 1.82) is 0 Å². The van der Waals surface area contributed by atoms with E-state index in [-0.39, 0.29) is 5.54 Å². The van der Waals surface area contributed by atoms with Gasteiger partial charge in [0.1, 0.15) is 0 Å². The molecule has 3 N–H and O–H groups in total. The fourth-order valence-electron chi connectivity index (χ4n) is 2.38. The summed E-state index contributed by atoms with van der Waals surface area (Å²) in [6, 6.07) is 0. The van der Waals surface area contributed by atoms with Gasteiger partial charge in [0.05, 0.1) is 0 Å². The van der Waals surface area contributed by atoms with E-state index in [9.17, 15) is 0 Å². The molecule has 1 fully saturated rings. The van der Waals surface area contributed by atoms with E-state index in [0.29, 0.717) is 0 Å². The molecule has 0 amide bonds. The van der Waals surface area contributed by atoms with Crippen LogP contribution >= 0.6 is 0 Å². The predicted octanol–water partition coefficient (Wildman–Crippen LogP) is 2.92. The van der Waals surface area contributed by atoms with Crippen LogP contribution in [0.5, 0.6) is 0 Å². The Hall–Kier alpha value is -0.0800. The summed E-state index contributed by atoms with van der Waals surface area (Å²) in [5, 5.41) is 3.58. The van der Waals surface area contributed by atoms with Crippen LogP contribution < -0.4 is 11.1 Å². The first-order valence-electron chi connectivity index (χ1n) is 7.09. The molecule has 0 bridgehead atoms. The summed E-state index contributed by atoms with van der Waals surface area (Å²) in [7, 11) is 0. The molecule has 0 aliphatic heterocycles. The highest BCUT2D eigenvalue weighted by Gasteiger charge is 2.37. The van der Waals surface area contributed by atoms with Crippen molar-refractivity contribution >= 4 is 0 Å². The minimum Gasteiger partial charge on any atom is -0.324 e. The Labute approximate surface area is 101 Å². The van der Waals surface area contributed by atoms with Crippen molar-refractivity contribution in [3.05, 3.63) is 0 Å². The highest BCUT2D eigenvalue weighted by molar-refractivity contribution is 4.96. The molecule has 0 saturated heterocycles. The van der Waals surface area contributed by atoms with Gasteiger partial charge in [-0.05, 0) is 44.6 Å². The lowest BCUT2D eigenvalue weighted by atomic mass is 9.95. The van der Waals surface area contributed by atoms with E-state index in [1.807, 2.05) is 0 Å². The molecule has 2 heteroatoms. The topological polar surface area (TPSA) is 38.0 Å². The number of hydrogen-bond acceptors (Lipinski definition) is 2. The molecule has 0 aromatic rings. The lowest BCUT2D eigenvalue weighted by Crippen LogP contribution is -2.48. The smallest absolute Gasteiger partial charge is 0.0280 e. The largest absolute Gasteiger partial charge is 0.324 e. The molecule has 2 nitrogen and oxygen atoms in total. The summed E-state index contributed by atoms with van der Waals surface area (Å²) < 4.78 is 0. The summed E-state index contributed by atoms with van der Waals surface area (Å²) in [6.45, 7) is 8.90. The van der Waals surface area contributed by atoms with Gasteiger partial charge in [-0.3, -0.25) is 0 Å². The van der Waals surface area contributed by atoms with E-state index >= 15 is 0 Å². The van der Waals surface area contributed by atoms with Crippen LogP contribution in [0.25, 0.3) is 0 Å². The Morgan fingerprint density at radius 3 is 2.56 bits per heavy atom. The van der Waals surface area contributed by atoms with Crippen molar-refractivity contribution in [3.63, 3.8) is 0 Å². The molecular weight excluding hydrogens is 196 g/mol. The van der Waals surface area contributed by atoms with Gasteiger partial charge in [0, 0.05) is 12.1 Å². The van der Waals surface area contributed by atoms with E-state index in [1.54, 1.807) is 0 Å². The van der Waals surface area contributed by atoms with Gasteiger partial charge in [-0.15, -0.1) is 0 Å². The van der Waals surface area contributed by atoms with Crippen molar-refractivity contribution in [2.75, 3.05) is 13.1 Å². The zero-order chi connectivity index (χ0) is 12.0. The van der Waals surface area contributed by atoms with Gasteiger partial charge in [0.15, 0.2) is 0 Å². The Bertz CT molecular complexity index is 185. The van der Waals surface area contributed by atoms with Crippen molar-refractivity contribution in [1.82, 2.24) is 5.32 Å². The molecule has 1 rings (SSSR count). The van der Waals surface area contributed by atoms with Crippen molar-refractivity contribution in [2.45, 2.75) is 64.8 Å². The van der Waals surface area contributed by atoms with Crippen LogP contribution in [0.3, 0.4) is 0 Å². The number of hydrogen-bond donors (Lipinski definition) is 2. The third kappa shape index (κ3) is 4.84. The second kappa shape index (κ2) is 6.61. The molecule has 2 atom stereocenters. The minimum atomic E-state index is 0.0308. The first kappa shape index (κ1) is 14.0. The molecular formula is C14H30N2. The summed E-state index contributed by atoms with van der Waals surface area (Å²) in [4.78, 5) is 0. The van der Waals surface area contributed by atoms with Crippen molar-refractivity contribution < 1.29 is 0 Å². The molecule has 2 unspecified atom stereocenters. The van der Waals surface area contributed by atoms with E-state index in [0.717, 1.165) is 24.9 Å². The number of nitrogens with one attached hydrogen (secondary N) is 1. The fourth-order valence-corrected chi connectivity index (χ4v) is 2.38. The highest BCUT2D eigenvalue weighted by Crippen LogP contribution is 2.37. The van der Waals surface area contributed by atoms with Crippen LogP contribution in [0, 0.1) is 11.8 Å². The maximum Gasteiger partial charge on any atom is 0.0280 e. The van der Waals surface area contributed by atoms with Crippen LogP contribution in [0.15, 0.2) is 0 Å². The Morgan fingerprint density at radius 2 is 2.06 bits per heavy atom. The Balaban J connectivity index is 2.12. The number of unbranched alkanes of at least 4 members (excludes halogenated alkanes) is 1. The van der Waals surface area contributed by atoms with Crippen LogP contribution in [0.1, 0.15) is 59.3 Å². The maximum atomic E-state index is 6.29. The molecule has 0 aromatic heterocycles. The average molecular weight is 226 g/mol. The average Bonchev–Trinajstić information content (AvgIpc) is 3.06. The van der Waals surface area contributed by atoms with E-state index < -0.39 is 0 Å². The van der Waals surface area contributed by atoms with Gasteiger partial charge in [-0.25, -0.2) is 0 Å². The van der Waals surface area contributed by atoms with Gasteiger partial charge in [0.25, 0.3) is 0 Å². The van der Waals surface area contributed by atoms with Crippen molar-refractivity contribution in [3.8, 4) is 0 Å². The third-order valence-corrected chi connectivity index (χ3v) is 3.99. The van der Waals surface area contributed by atoms with Crippen LogP contribution in [-0.2, 0) is 0 Å². The normalized spacial score (nSPS) is 21.8. The van der Waals surface area contributed by atoms with Crippen molar-refractivity contribution in [2.24, 2.45) is 17.6 Å². The SMILES string of the molecule is CCCCC(CC)CNCC(C)(N)C1CC1. The summed E-state index contributed by atoms with van der Waals surface area (Å²) in [6.07, 6.45) is 8.00. The van der Waals surface area contributed by atoms with Crippen LogP contribution in [0.4, 0.5) is 0 Å². The van der Waals surface area contributed by atoms with Crippen LogP contribution in [-0.4, -0.2) is 18.6 Å². The Kier molecular flexibility index (Phi) is 5.77. The quantitative estimate of drug-likeness (QED) is 0.634. The van der Waals surface area contributed by atoms with Gasteiger partial charge in [-0.2, -0.15) is 0 Å². The summed E-state index contributed by atoms with van der Waals surface area (Å²) in [5.74, 6) is 1.62. The second-order valence-corrected chi connectivity index (χ2v) is 5.83. The predicted molar refractivity (Wildman–Crippen MR) is 71.5 cm³/mol. The molecule has 0 heterocycles. The number of rotatable bonds is 9. The Morgan fingerprint density at radius 1 is 1.38 bits per heavy atom. The third-order valence-electron chi connectivity index (χ3n) is 3.99. The molecule has 0 aromatic carbocycles. The number of nitrogens with two attached hydrogens (primary N) is 1. The van der Waals surface area contributed by atoms with Gasteiger partial charge in [-0.1, -0.05) is 33.1 Å². The van der Waals surface area contributed by atoms with Crippen LogP contribution in [0.2, 0.25) is 0 Å². The molecule has 0 spiro atoms. The lowest BCUT2D eigenvalue weighted by molar-refractivity contribution is 0.348. The molecule has 0 radical (unpaired) electrons. The van der Waals surface area contributed by atoms with E-state index in [2.05, 4.69) is 26.1 Å². The zero-order valence-electron chi connectivity index (χ0n) is 11.4. The molecule has 1 saturated carbocycles. The maximum absolute atomic E-state index is 6.29. The van der Waals surface area contributed by atoms with E-state index in [4.69, 9.17) is 5.73 Å². The monoisotopic (exact) mass is 226 g/mol. The van der Waals surface area contributed by atoms with Gasteiger partial charge in [0.2, 0.25) is 0 Å². The van der Waals surface area contributed by atoms with Gasteiger partial charge >= 0.3 is 0 Å². The van der Waals surface area contributed by atoms with Gasteiger partial charge < -0.3 is 11.1 Å². The standard InChI is InChI=1S/C14H30N2/c1-4-6-7-12(5-2)10-16-11-14(3,15)13-8-9-13/h12-13,16H,4-11,15H2,1-3H3. The summed E-state index contributed by atoms with van der Waals surface area (Å²) >= 11 is 0. The zero-order valence-corrected chi connectivity index (χ0v) is 11.4. The summed E-state index contributed by atoms with van der Waals surface area (Å²) in [5.41, 5.74) is 6.32. The first-order valence-corrected chi connectivity index (χ1v) is 7.09. The minimum absolute atomic E-state index is 0.0308. The molecule has 96 valence electrons. The lowest BCUT2D eigenvalue weighted by Gasteiger charge is -2.26. The van der Waals surface area contributed by atoms with E-state index in [1.165, 1.54) is 38.5 Å². The molecule has 16 heavy (non-hydrogen) atoms. The fraction of sp³-hybridized carbons (Fsp3) is 1.00.